The Kier molecular flexibility index (Phi) is 15.7. The van der Waals surface area contributed by atoms with Crippen molar-refractivity contribution < 1.29 is 30.0 Å². The number of carboxylic acids is 1. The first kappa shape index (κ1) is 35.6. The number of benzene rings is 2. The second-order valence-corrected chi connectivity index (χ2v) is 10.6. The number of aromatic carboxylic acids is 1. The molecular weight excluding hydrogens is 520 g/mol. The Hall–Kier alpha value is -3.40. The van der Waals surface area contributed by atoms with Crippen LogP contribution < -0.4 is 15.5 Å². The summed E-state index contributed by atoms with van der Waals surface area (Å²) in [5.74, 6) is -0.0235. The molecule has 0 radical (unpaired) electrons. The van der Waals surface area contributed by atoms with Crippen LogP contribution in [0.25, 0.3) is 0 Å². The maximum absolute atomic E-state index is 11.0. The molecule has 0 spiro atoms. The van der Waals surface area contributed by atoms with Crippen LogP contribution in [0.3, 0.4) is 0 Å². The highest BCUT2D eigenvalue weighted by molar-refractivity contribution is 5.89. The Morgan fingerprint density at radius 1 is 1.10 bits per heavy atom. The number of quaternary nitrogens is 1. The molecule has 0 saturated heterocycles. The summed E-state index contributed by atoms with van der Waals surface area (Å²) in [6, 6.07) is 15.2. The predicted octanol–water partition coefficient (Wildman–Crippen LogP) is 8.39. The lowest BCUT2D eigenvalue weighted by molar-refractivity contribution is -1.20. The molecule has 5 N–H and O–H groups in total. The highest BCUT2D eigenvalue weighted by Crippen LogP contribution is 2.29. The number of carbonyl (C=O) groups is 1. The third-order valence-corrected chi connectivity index (χ3v) is 6.73. The highest BCUT2D eigenvalue weighted by Gasteiger charge is 2.32. The van der Waals surface area contributed by atoms with Crippen molar-refractivity contribution in [2.45, 2.75) is 86.6 Å². The third-order valence-electron chi connectivity index (χ3n) is 6.73. The summed E-state index contributed by atoms with van der Waals surface area (Å²) in [5.41, 5.74) is 4.71. The zero-order chi connectivity index (χ0) is 31.0. The van der Waals surface area contributed by atoms with E-state index in [0.29, 0.717) is 6.04 Å². The lowest BCUT2D eigenvalue weighted by Gasteiger charge is -2.23. The average molecular weight is 572 g/mol. The number of nitrogens with zero attached hydrogens (tertiary/aromatic N) is 2. The van der Waals surface area contributed by atoms with Crippen molar-refractivity contribution in [3.8, 4) is 5.75 Å². The van der Waals surface area contributed by atoms with Gasteiger partial charge in [0.2, 0.25) is 0 Å². The Labute approximate surface area is 246 Å². The van der Waals surface area contributed by atoms with E-state index in [0.717, 1.165) is 18.1 Å². The predicted molar refractivity (Wildman–Crippen MR) is 167 cm³/mol. The average Bonchev–Trinajstić information content (AvgIpc) is 2.94. The fourth-order valence-electron chi connectivity index (χ4n) is 4.08. The molecule has 0 aliphatic heterocycles. The van der Waals surface area contributed by atoms with Gasteiger partial charge >= 0.3 is 11.8 Å². The molecule has 0 bridgehead atoms. The number of methoxy groups -OCH3 is 1. The van der Waals surface area contributed by atoms with Crippen molar-refractivity contribution >= 4 is 23.1 Å². The van der Waals surface area contributed by atoms with Gasteiger partial charge in [-0.2, -0.15) is 10.4 Å². The maximum atomic E-state index is 11.0. The second-order valence-electron chi connectivity index (χ2n) is 10.6. The summed E-state index contributed by atoms with van der Waals surface area (Å²) in [4.78, 5) is 13.6. The fraction of sp³-hybridized carbons (Fsp3) is 0.500. The summed E-state index contributed by atoms with van der Waals surface area (Å²) < 4.78 is 5.12. The summed E-state index contributed by atoms with van der Waals surface area (Å²) >= 11 is 0. The molecule has 228 valence electrons. The molecule has 0 aliphatic rings. The number of nitrogens with one attached hydrogen (secondary N) is 2. The van der Waals surface area contributed by atoms with Crippen molar-refractivity contribution in [3.05, 3.63) is 66.0 Å². The standard InChI is InChI=1S/C17H25N3O5.C15H25N/c1-6-11(3)12(4)18-16(7-2)20(23,24)19-14-9-8-13(17(21)22)10-15(14)25-5;1-4-5-9-15(12-13(2)3)16-14-10-7-6-8-11-14/h7-11,19,23-24H,6H2,1-5H3;6-8,10-11,13,15-16H,4-5,9,12H2,1-3H3/p+1/b16-7+,18-12-;. The molecule has 0 aliphatic carbocycles. The van der Waals surface area contributed by atoms with E-state index in [-0.39, 0.29) is 28.7 Å². The minimum atomic E-state index is -1.70. The smallest absolute Gasteiger partial charge is 0.335 e. The van der Waals surface area contributed by atoms with Gasteiger partial charge in [0, 0.05) is 23.5 Å². The molecule has 0 saturated carbocycles. The molecular formula is C32H51N4O5+. The number of carboxylic acid groups (broad SMARTS) is 1. The van der Waals surface area contributed by atoms with Crippen LogP contribution >= 0.6 is 0 Å². The first-order chi connectivity index (χ1) is 19.4. The van der Waals surface area contributed by atoms with Crippen LogP contribution in [0.5, 0.6) is 5.75 Å². The van der Waals surface area contributed by atoms with E-state index in [1.165, 1.54) is 62.8 Å². The van der Waals surface area contributed by atoms with Crippen molar-refractivity contribution in [1.29, 1.82) is 0 Å². The van der Waals surface area contributed by atoms with Gasteiger partial charge in [-0.25, -0.2) is 4.79 Å². The molecule has 41 heavy (non-hydrogen) atoms. The number of hydroxylamine groups is 2. The quantitative estimate of drug-likeness (QED) is 0.0826. The van der Waals surface area contributed by atoms with E-state index in [9.17, 15) is 15.2 Å². The third kappa shape index (κ3) is 12.8. The molecule has 0 aromatic heterocycles. The second kappa shape index (κ2) is 18.1. The largest absolute Gasteiger partial charge is 0.494 e. The van der Waals surface area contributed by atoms with Gasteiger partial charge in [-0.05, 0) is 75.3 Å². The number of allylic oxidation sites excluding steroid dienone is 1. The molecule has 2 aromatic rings. The fourth-order valence-corrected chi connectivity index (χ4v) is 4.08. The lowest BCUT2D eigenvalue weighted by Crippen LogP contribution is -2.45. The van der Waals surface area contributed by atoms with Crippen LogP contribution in [0.15, 0.2) is 65.4 Å². The van der Waals surface area contributed by atoms with Crippen molar-refractivity contribution in [1.82, 2.24) is 0 Å². The summed E-state index contributed by atoms with van der Waals surface area (Å²) in [6.45, 7) is 14.3. The van der Waals surface area contributed by atoms with E-state index >= 15 is 0 Å². The molecule has 2 aromatic carbocycles. The molecule has 0 fully saturated rings. The van der Waals surface area contributed by atoms with Crippen molar-refractivity contribution in [2.75, 3.05) is 17.9 Å². The highest BCUT2D eigenvalue weighted by atomic mass is 16.9. The Morgan fingerprint density at radius 2 is 1.76 bits per heavy atom. The van der Waals surface area contributed by atoms with Gasteiger partial charge in [-0.3, -0.25) is 0 Å². The first-order valence-electron chi connectivity index (χ1n) is 14.5. The number of hydrogen-bond donors (Lipinski definition) is 5. The molecule has 9 nitrogen and oxygen atoms in total. The van der Waals surface area contributed by atoms with Crippen LogP contribution in [-0.2, 0) is 0 Å². The minimum Gasteiger partial charge on any atom is -0.494 e. The van der Waals surface area contributed by atoms with Crippen molar-refractivity contribution in [3.63, 3.8) is 0 Å². The number of para-hydroxylation sites is 1. The number of aliphatic imine (C=N–C) groups is 1. The number of rotatable bonds is 15. The SMILES string of the molecule is C/C=C(\N=C(\C)C(C)CC)[N+](O)(O)Nc1ccc(C(=O)O)cc1OC.CCCCC(CC(C)C)Nc1ccccc1. The van der Waals surface area contributed by atoms with E-state index in [1.807, 2.05) is 20.8 Å². The van der Waals surface area contributed by atoms with E-state index in [4.69, 9.17) is 9.84 Å². The van der Waals surface area contributed by atoms with Gasteiger partial charge in [0.25, 0.3) is 0 Å². The summed E-state index contributed by atoms with van der Waals surface area (Å²) in [6.07, 6.45) is 7.48. The lowest BCUT2D eigenvalue weighted by atomic mass is 9.99. The zero-order valence-electron chi connectivity index (χ0n) is 26.0. The molecule has 9 heteroatoms. The van der Waals surface area contributed by atoms with E-state index < -0.39 is 10.9 Å². The van der Waals surface area contributed by atoms with Crippen LogP contribution in [0.2, 0.25) is 0 Å². The zero-order valence-corrected chi connectivity index (χ0v) is 26.0. The minimum absolute atomic E-state index is 0.0215. The van der Waals surface area contributed by atoms with Gasteiger partial charge in [0.05, 0.1) is 17.6 Å². The van der Waals surface area contributed by atoms with Gasteiger partial charge in [0.15, 0.2) is 0 Å². The van der Waals surface area contributed by atoms with Gasteiger partial charge in [-0.1, -0.05) is 65.7 Å². The molecule has 2 rings (SSSR count). The number of unbranched alkanes of at least 4 members (excludes halogenated alkanes) is 1. The Morgan fingerprint density at radius 3 is 2.27 bits per heavy atom. The maximum Gasteiger partial charge on any atom is 0.335 e. The Balaban J connectivity index is 0.000000452. The Bertz CT molecular complexity index is 1120. The summed E-state index contributed by atoms with van der Waals surface area (Å²) in [7, 11) is 1.36. The van der Waals surface area contributed by atoms with Gasteiger partial charge < -0.3 is 15.2 Å². The van der Waals surface area contributed by atoms with Crippen LogP contribution in [0, 0.1) is 11.8 Å². The molecule has 2 atom stereocenters. The topological polar surface area (TPSA) is 123 Å². The molecule has 2 unspecified atom stereocenters. The van der Waals surface area contributed by atoms with Crippen LogP contribution in [0.1, 0.15) is 90.9 Å². The molecule has 0 amide bonds. The van der Waals surface area contributed by atoms with Gasteiger partial charge in [-0.15, -0.1) is 10.4 Å². The number of anilines is 2. The molecule has 0 heterocycles. The van der Waals surface area contributed by atoms with Crippen LogP contribution in [0.4, 0.5) is 11.4 Å². The van der Waals surface area contributed by atoms with Gasteiger partial charge in [0.1, 0.15) is 11.4 Å². The van der Waals surface area contributed by atoms with E-state index in [1.54, 1.807) is 6.92 Å². The number of ether oxygens (including phenoxy) is 1. The summed E-state index contributed by atoms with van der Waals surface area (Å²) in [5, 5.41) is 33.4. The van der Waals surface area contributed by atoms with Crippen molar-refractivity contribution in [2.24, 2.45) is 16.8 Å². The van der Waals surface area contributed by atoms with E-state index in [2.05, 4.69) is 66.8 Å². The monoisotopic (exact) mass is 571 g/mol. The normalized spacial score (nSPS) is 13.6. The first-order valence-corrected chi connectivity index (χ1v) is 14.5. The number of hydrogen-bond acceptors (Lipinski definition) is 7. The van der Waals surface area contributed by atoms with Crippen LogP contribution in [-0.4, -0.2) is 45.3 Å².